The molecule has 0 aliphatic carbocycles. The number of benzene rings is 2. The molecule has 3 nitrogen and oxygen atoms in total. The number of pyridine rings is 1. The van der Waals surface area contributed by atoms with Crippen LogP contribution in [0.1, 0.15) is 24.0 Å². The molecule has 4 rings (SSSR count). The van der Waals surface area contributed by atoms with Crippen LogP contribution < -0.4 is 4.74 Å². The molecule has 0 atom stereocenters. The van der Waals surface area contributed by atoms with Crippen molar-refractivity contribution in [3.05, 3.63) is 95.8 Å². The fourth-order valence-electron chi connectivity index (χ4n) is 3.09. The van der Waals surface area contributed by atoms with Gasteiger partial charge in [0.05, 0.1) is 5.71 Å². The number of rotatable bonds is 4. The van der Waals surface area contributed by atoms with E-state index in [1.165, 1.54) is 5.57 Å². The van der Waals surface area contributed by atoms with Gasteiger partial charge in [-0.15, -0.1) is 0 Å². The highest BCUT2D eigenvalue weighted by molar-refractivity contribution is 6.15. The number of nitrogens with zero attached hydrogens (tertiary/aromatic N) is 2. The Labute approximate surface area is 153 Å². The van der Waals surface area contributed by atoms with Gasteiger partial charge in [-0.3, -0.25) is 9.98 Å². The highest BCUT2D eigenvalue weighted by atomic mass is 16.5. The van der Waals surface area contributed by atoms with Gasteiger partial charge in [0.25, 0.3) is 0 Å². The summed E-state index contributed by atoms with van der Waals surface area (Å²) in [4.78, 5) is 8.98. The van der Waals surface area contributed by atoms with E-state index in [2.05, 4.69) is 29.3 Å². The molecular formula is C23H20N2O. The molecule has 128 valence electrons. The minimum absolute atomic E-state index is 0.834. The highest BCUT2D eigenvalue weighted by Gasteiger charge is 2.14. The van der Waals surface area contributed by atoms with Gasteiger partial charge in [-0.05, 0) is 66.5 Å². The molecule has 3 aromatic rings. The van der Waals surface area contributed by atoms with Crippen LogP contribution in [0, 0.1) is 0 Å². The Morgan fingerprint density at radius 2 is 1.77 bits per heavy atom. The highest BCUT2D eigenvalue weighted by Crippen LogP contribution is 2.25. The number of allylic oxidation sites excluding steroid dienone is 1. The number of hydrogen-bond donors (Lipinski definition) is 0. The lowest BCUT2D eigenvalue weighted by Crippen LogP contribution is -2.11. The lowest BCUT2D eigenvalue weighted by atomic mass is 9.95. The molecule has 0 amide bonds. The molecule has 0 saturated heterocycles. The molecule has 2 heterocycles. The first-order chi connectivity index (χ1) is 12.9. The van der Waals surface area contributed by atoms with Gasteiger partial charge in [-0.1, -0.05) is 30.3 Å². The molecule has 26 heavy (non-hydrogen) atoms. The molecule has 0 spiro atoms. The van der Waals surface area contributed by atoms with Crippen molar-refractivity contribution in [2.24, 2.45) is 4.99 Å². The van der Waals surface area contributed by atoms with Crippen molar-refractivity contribution >= 4 is 11.8 Å². The van der Waals surface area contributed by atoms with Crippen LogP contribution in [0.2, 0.25) is 0 Å². The summed E-state index contributed by atoms with van der Waals surface area (Å²) in [5, 5.41) is 0. The summed E-state index contributed by atoms with van der Waals surface area (Å²) in [5.74, 6) is 1.67. The Morgan fingerprint density at radius 1 is 0.885 bits per heavy atom. The molecule has 0 bridgehead atoms. The van der Waals surface area contributed by atoms with Gasteiger partial charge in [-0.25, -0.2) is 0 Å². The molecule has 1 aliphatic heterocycles. The molecule has 1 aliphatic rings. The van der Waals surface area contributed by atoms with Gasteiger partial charge in [0, 0.05) is 24.5 Å². The topological polar surface area (TPSA) is 34.5 Å². The number of aromatic nitrogens is 1. The van der Waals surface area contributed by atoms with Gasteiger partial charge in [-0.2, -0.15) is 0 Å². The van der Waals surface area contributed by atoms with Gasteiger partial charge in [0.2, 0.25) is 0 Å². The Bertz CT molecular complexity index is 931. The van der Waals surface area contributed by atoms with Crippen LogP contribution >= 0.6 is 0 Å². The molecule has 0 N–H and O–H groups in total. The van der Waals surface area contributed by atoms with Crippen LogP contribution in [0.15, 0.2) is 89.7 Å². The van der Waals surface area contributed by atoms with Crippen molar-refractivity contribution in [2.75, 3.05) is 6.54 Å². The second-order valence-electron chi connectivity index (χ2n) is 6.23. The van der Waals surface area contributed by atoms with Crippen molar-refractivity contribution in [1.29, 1.82) is 0 Å². The van der Waals surface area contributed by atoms with E-state index in [-0.39, 0.29) is 0 Å². The Morgan fingerprint density at radius 3 is 2.62 bits per heavy atom. The normalized spacial score (nSPS) is 15.5. The zero-order valence-corrected chi connectivity index (χ0v) is 14.5. The smallest absolute Gasteiger partial charge is 0.128 e. The third kappa shape index (κ3) is 3.89. The average Bonchev–Trinajstić information content (AvgIpc) is 2.70. The second-order valence-corrected chi connectivity index (χ2v) is 6.23. The molecule has 0 fully saturated rings. The molecule has 2 aromatic carbocycles. The quantitative estimate of drug-likeness (QED) is 0.625. The number of aliphatic imine (C=N–C) groups is 1. The van der Waals surface area contributed by atoms with Crippen molar-refractivity contribution in [2.45, 2.75) is 12.8 Å². The van der Waals surface area contributed by atoms with E-state index < -0.39 is 0 Å². The SMILES string of the molecule is C(=C1CCCN=C1c1cccnc1)c1cccc(Oc2ccccc2)c1. The van der Waals surface area contributed by atoms with E-state index in [0.717, 1.165) is 47.7 Å². The second kappa shape index (κ2) is 7.79. The summed E-state index contributed by atoms with van der Waals surface area (Å²) >= 11 is 0. The first-order valence-electron chi connectivity index (χ1n) is 8.87. The van der Waals surface area contributed by atoms with Crippen molar-refractivity contribution in [3.8, 4) is 11.5 Å². The monoisotopic (exact) mass is 340 g/mol. The van der Waals surface area contributed by atoms with E-state index >= 15 is 0 Å². The minimum atomic E-state index is 0.834. The van der Waals surface area contributed by atoms with Crippen molar-refractivity contribution in [1.82, 2.24) is 4.98 Å². The molecule has 3 heteroatoms. The van der Waals surface area contributed by atoms with E-state index in [9.17, 15) is 0 Å². The maximum Gasteiger partial charge on any atom is 0.128 e. The fraction of sp³-hybridized carbons (Fsp3) is 0.130. The zero-order chi connectivity index (χ0) is 17.6. The van der Waals surface area contributed by atoms with Crippen molar-refractivity contribution < 1.29 is 4.74 Å². The van der Waals surface area contributed by atoms with E-state index in [0.29, 0.717) is 0 Å². The zero-order valence-electron chi connectivity index (χ0n) is 14.5. The maximum atomic E-state index is 5.95. The lowest BCUT2D eigenvalue weighted by Gasteiger charge is -2.16. The van der Waals surface area contributed by atoms with E-state index in [1.807, 2.05) is 54.7 Å². The maximum absolute atomic E-state index is 5.95. The predicted octanol–water partition coefficient (Wildman–Crippen LogP) is 5.54. The van der Waals surface area contributed by atoms with Crippen LogP contribution in [0.25, 0.3) is 6.08 Å². The number of para-hydroxylation sites is 1. The largest absolute Gasteiger partial charge is 0.457 e. The van der Waals surface area contributed by atoms with Gasteiger partial charge >= 0.3 is 0 Å². The average molecular weight is 340 g/mol. The predicted molar refractivity (Wildman–Crippen MR) is 106 cm³/mol. The lowest BCUT2D eigenvalue weighted by molar-refractivity contribution is 0.482. The summed E-state index contributed by atoms with van der Waals surface area (Å²) in [6, 6.07) is 22.0. The van der Waals surface area contributed by atoms with Crippen LogP contribution in [0.3, 0.4) is 0 Å². The standard InChI is InChI=1S/C23H20N2O/c1-2-10-21(11-3-1)26-22-12-4-7-18(16-22)15-19-8-6-14-25-23(19)20-9-5-13-24-17-20/h1-5,7,9-13,15-17H,6,8,14H2. The summed E-state index contributed by atoms with van der Waals surface area (Å²) in [5.41, 5.74) is 4.50. The van der Waals surface area contributed by atoms with Crippen LogP contribution in [-0.2, 0) is 0 Å². The van der Waals surface area contributed by atoms with Gasteiger partial charge in [0.1, 0.15) is 11.5 Å². The number of hydrogen-bond acceptors (Lipinski definition) is 3. The third-order valence-electron chi connectivity index (χ3n) is 4.29. The molecule has 0 saturated carbocycles. The number of ether oxygens (including phenoxy) is 1. The van der Waals surface area contributed by atoms with Crippen LogP contribution in [-0.4, -0.2) is 17.2 Å². The van der Waals surface area contributed by atoms with Crippen molar-refractivity contribution in [3.63, 3.8) is 0 Å². The summed E-state index contributed by atoms with van der Waals surface area (Å²) in [7, 11) is 0. The summed E-state index contributed by atoms with van der Waals surface area (Å²) in [6.45, 7) is 0.874. The summed E-state index contributed by atoms with van der Waals surface area (Å²) < 4.78 is 5.95. The minimum Gasteiger partial charge on any atom is -0.457 e. The van der Waals surface area contributed by atoms with E-state index in [4.69, 9.17) is 9.73 Å². The Kier molecular flexibility index (Phi) is 4.88. The Balaban J connectivity index is 1.62. The first kappa shape index (κ1) is 16.3. The van der Waals surface area contributed by atoms with Gasteiger partial charge in [0.15, 0.2) is 0 Å². The third-order valence-corrected chi connectivity index (χ3v) is 4.29. The molecule has 1 aromatic heterocycles. The van der Waals surface area contributed by atoms with Gasteiger partial charge < -0.3 is 4.74 Å². The molecule has 0 radical (unpaired) electrons. The fourth-order valence-corrected chi connectivity index (χ4v) is 3.09. The Hall–Kier alpha value is -3.20. The van der Waals surface area contributed by atoms with Crippen LogP contribution in [0.4, 0.5) is 0 Å². The molecule has 0 unspecified atom stereocenters. The van der Waals surface area contributed by atoms with Crippen LogP contribution in [0.5, 0.6) is 11.5 Å². The summed E-state index contributed by atoms with van der Waals surface area (Å²) in [6.07, 6.45) is 7.99. The molecular weight excluding hydrogens is 320 g/mol. The first-order valence-corrected chi connectivity index (χ1v) is 8.87. The van der Waals surface area contributed by atoms with E-state index in [1.54, 1.807) is 6.20 Å².